The molecule has 4 unspecified atom stereocenters. The molecule has 0 aliphatic heterocycles. The molecule has 0 heterocycles. The normalized spacial score (nSPS) is 27.9. The molecule has 3 N–H and O–H groups in total. The van der Waals surface area contributed by atoms with Gasteiger partial charge in [0.15, 0.2) is 0 Å². The van der Waals surface area contributed by atoms with Gasteiger partial charge in [-0.15, -0.1) is 0 Å². The number of hydrogen-bond acceptors (Lipinski definition) is 2. The van der Waals surface area contributed by atoms with Gasteiger partial charge in [-0.3, -0.25) is 4.79 Å². The number of benzene rings is 1. The van der Waals surface area contributed by atoms with Crippen LogP contribution in [0.15, 0.2) is 24.3 Å². The maximum absolute atomic E-state index is 12.4. The predicted octanol–water partition coefficient (Wildman–Crippen LogP) is 2.14. The van der Waals surface area contributed by atoms with Gasteiger partial charge in [-0.25, -0.2) is 0 Å². The number of nitrogens with two attached hydrogens (primary N) is 1. The molecule has 4 atom stereocenters. The molecule has 0 spiro atoms. The van der Waals surface area contributed by atoms with Gasteiger partial charge in [-0.05, 0) is 42.2 Å². The molecule has 4 heteroatoms. The molecule has 106 valence electrons. The molecule has 1 aromatic carbocycles. The van der Waals surface area contributed by atoms with Crippen LogP contribution in [0.1, 0.15) is 36.8 Å². The van der Waals surface area contributed by atoms with E-state index in [2.05, 4.69) is 29.6 Å². The summed E-state index contributed by atoms with van der Waals surface area (Å²) < 4.78 is 0. The Bertz CT molecular complexity index is 557. The van der Waals surface area contributed by atoms with Crippen LogP contribution >= 0.6 is 12.2 Å². The highest BCUT2D eigenvalue weighted by Gasteiger charge is 2.57. The van der Waals surface area contributed by atoms with Crippen LogP contribution in [0.3, 0.4) is 0 Å². The molecule has 0 bridgehead atoms. The van der Waals surface area contributed by atoms with Crippen LogP contribution in [0.4, 0.5) is 0 Å². The van der Waals surface area contributed by atoms with Crippen molar-refractivity contribution in [1.82, 2.24) is 5.32 Å². The highest BCUT2D eigenvalue weighted by atomic mass is 32.1. The fourth-order valence-corrected chi connectivity index (χ4v) is 3.79. The Morgan fingerprint density at radius 3 is 2.95 bits per heavy atom. The molecule has 1 amide bonds. The third-order valence-electron chi connectivity index (χ3n) is 4.70. The molecule has 0 aromatic heterocycles. The predicted molar refractivity (Wildman–Crippen MR) is 83.5 cm³/mol. The summed E-state index contributed by atoms with van der Waals surface area (Å²) in [4.78, 5) is 12.8. The lowest BCUT2D eigenvalue weighted by Crippen LogP contribution is -2.44. The number of carbonyl (C=O) groups excluding carboxylic acids is 1. The Morgan fingerprint density at radius 2 is 2.25 bits per heavy atom. The van der Waals surface area contributed by atoms with Crippen LogP contribution in [0.25, 0.3) is 0 Å². The minimum absolute atomic E-state index is 0.113. The summed E-state index contributed by atoms with van der Waals surface area (Å²) in [6.45, 7) is 1.99. The minimum atomic E-state index is -0.171. The summed E-state index contributed by atoms with van der Waals surface area (Å²) >= 11 is 5.00. The van der Waals surface area contributed by atoms with E-state index in [0.29, 0.717) is 16.8 Å². The number of thiocarbonyl (C=S) groups is 1. The van der Waals surface area contributed by atoms with Crippen molar-refractivity contribution in [1.29, 1.82) is 0 Å². The first-order chi connectivity index (χ1) is 9.63. The largest absolute Gasteiger partial charge is 0.392 e. The van der Waals surface area contributed by atoms with Crippen LogP contribution in [0.2, 0.25) is 0 Å². The Hall–Kier alpha value is -1.42. The number of hydrogen-bond donors (Lipinski definition) is 2. The van der Waals surface area contributed by atoms with E-state index in [1.807, 2.05) is 6.92 Å². The number of aryl methyl sites for hydroxylation is 1. The van der Waals surface area contributed by atoms with Crippen molar-refractivity contribution in [3.8, 4) is 0 Å². The average molecular weight is 288 g/mol. The smallest absolute Gasteiger partial charge is 0.224 e. The van der Waals surface area contributed by atoms with Crippen molar-refractivity contribution < 1.29 is 4.79 Å². The van der Waals surface area contributed by atoms with Crippen molar-refractivity contribution in [3.05, 3.63) is 35.4 Å². The summed E-state index contributed by atoms with van der Waals surface area (Å²) in [6, 6.07) is 8.33. The van der Waals surface area contributed by atoms with Gasteiger partial charge in [0.25, 0.3) is 0 Å². The molecular weight excluding hydrogens is 268 g/mol. The molecule has 1 aromatic rings. The fourth-order valence-electron chi connectivity index (χ4n) is 3.57. The van der Waals surface area contributed by atoms with Crippen molar-refractivity contribution in [2.24, 2.45) is 17.6 Å². The van der Waals surface area contributed by atoms with E-state index in [1.165, 1.54) is 11.1 Å². The maximum Gasteiger partial charge on any atom is 0.224 e. The SMILES string of the molecule is CCC(NC(=O)C1C2CCc3ccccc3C21)C(N)=S. The van der Waals surface area contributed by atoms with Crippen molar-refractivity contribution in [3.63, 3.8) is 0 Å². The fraction of sp³-hybridized carbons (Fsp3) is 0.500. The van der Waals surface area contributed by atoms with Gasteiger partial charge in [0.2, 0.25) is 5.91 Å². The van der Waals surface area contributed by atoms with E-state index in [4.69, 9.17) is 18.0 Å². The van der Waals surface area contributed by atoms with Gasteiger partial charge in [0.1, 0.15) is 0 Å². The molecule has 0 radical (unpaired) electrons. The number of rotatable bonds is 4. The maximum atomic E-state index is 12.4. The van der Waals surface area contributed by atoms with Crippen molar-refractivity contribution in [2.75, 3.05) is 0 Å². The number of fused-ring (bicyclic) bond motifs is 3. The van der Waals surface area contributed by atoms with Gasteiger partial charge in [0, 0.05) is 5.92 Å². The van der Waals surface area contributed by atoms with Gasteiger partial charge < -0.3 is 11.1 Å². The molecule has 2 aliphatic rings. The summed E-state index contributed by atoms with van der Waals surface area (Å²) in [5.74, 6) is 1.15. The van der Waals surface area contributed by atoms with Gasteiger partial charge >= 0.3 is 0 Å². The second kappa shape index (κ2) is 5.17. The zero-order chi connectivity index (χ0) is 14.3. The van der Waals surface area contributed by atoms with Crippen LogP contribution < -0.4 is 11.1 Å². The third-order valence-corrected chi connectivity index (χ3v) is 4.99. The number of amides is 1. The van der Waals surface area contributed by atoms with E-state index in [-0.39, 0.29) is 17.9 Å². The first-order valence-corrected chi connectivity index (χ1v) is 7.71. The molecule has 1 fully saturated rings. The summed E-state index contributed by atoms with van der Waals surface area (Å²) in [7, 11) is 0. The molecule has 3 nitrogen and oxygen atoms in total. The Balaban J connectivity index is 1.72. The summed E-state index contributed by atoms with van der Waals surface area (Å²) in [6.07, 6.45) is 2.96. The molecule has 2 aliphatic carbocycles. The molecular formula is C16H20N2OS. The van der Waals surface area contributed by atoms with Crippen molar-refractivity contribution in [2.45, 2.75) is 38.1 Å². The highest BCUT2D eigenvalue weighted by Crippen LogP contribution is 2.59. The van der Waals surface area contributed by atoms with E-state index in [9.17, 15) is 4.79 Å². The number of nitrogens with one attached hydrogen (secondary N) is 1. The average Bonchev–Trinajstić information content (AvgIpc) is 3.19. The monoisotopic (exact) mass is 288 g/mol. The minimum Gasteiger partial charge on any atom is -0.392 e. The molecule has 0 saturated heterocycles. The standard InChI is InChI=1S/C16H20N2OS/c1-2-12(15(17)20)18-16(19)14-11-8-7-9-5-3-4-6-10(9)13(11)14/h3-6,11-14H,2,7-8H2,1H3,(H2,17,20)(H,18,19). The lowest BCUT2D eigenvalue weighted by molar-refractivity contribution is -0.123. The third kappa shape index (κ3) is 2.22. The second-order valence-corrected chi connectivity index (χ2v) is 6.30. The lowest BCUT2D eigenvalue weighted by atomic mass is 9.92. The van der Waals surface area contributed by atoms with Crippen LogP contribution in [0, 0.1) is 11.8 Å². The molecule has 20 heavy (non-hydrogen) atoms. The van der Waals surface area contributed by atoms with Gasteiger partial charge in [0.05, 0.1) is 11.0 Å². The van der Waals surface area contributed by atoms with Crippen molar-refractivity contribution >= 4 is 23.1 Å². The van der Waals surface area contributed by atoms with E-state index in [0.717, 1.165) is 19.3 Å². The molecule has 3 rings (SSSR count). The first-order valence-electron chi connectivity index (χ1n) is 7.31. The quantitative estimate of drug-likeness (QED) is 0.835. The highest BCUT2D eigenvalue weighted by molar-refractivity contribution is 7.80. The zero-order valence-electron chi connectivity index (χ0n) is 11.6. The Kier molecular flexibility index (Phi) is 3.50. The summed E-state index contributed by atoms with van der Waals surface area (Å²) in [5, 5.41) is 3.01. The van der Waals surface area contributed by atoms with Crippen LogP contribution in [0.5, 0.6) is 0 Å². The summed E-state index contributed by atoms with van der Waals surface area (Å²) in [5.41, 5.74) is 8.43. The van der Waals surface area contributed by atoms with E-state index in [1.54, 1.807) is 0 Å². The number of carbonyl (C=O) groups is 1. The lowest BCUT2D eigenvalue weighted by Gasteiger charge is -2.15. The zero-order valence-corrected chi connectivity index (χ0v) is 12.5. The van der Waals surface area contributed by atoms with E-state index < -0.39 is 0 Å². The topological polar surface area (TPSA) is 55.1 Å². The van der Waals surface area contributed by atoms with E-state index >= 15 is 0 Å². The van der Waals surface area contributed by atoms with Crippen LogP contribution in [-0.4, -0.2) is 16.9 Å². The first kappa shape index (κ1) is 13.6. The Morgan fingerprint density at radius 1 is 1.50 bits per heavy atom. The van der Waals surface area contributed by atoms with Crippen LogP contribution in [-0.2, 0) is 11.2 Å². The molecule has 1 saturated carbocycles. The second-order valence-electron chi connectivity index (χ2n) is 5.82. The van der Waals surface area contributed by atoms with Gasteiger partial charge in [-0.2, -0.15) is 0 Å². The van der Waals surface area contributed by atoms with Gasteiger partial charge in [-0.1, -0.05) is 43.4 Å². The Labute approximate surface area is 124 Å².